The smallest absolute Gasteiger partial charge is 0.154 e. The minimum atomic E-state index is -0.482. The van der Waals surface area contributed by atoms with Crippen molar-refractivity contribution >= 4 is 17.0 Å². The quantitative estimate of drug-likeness (QED) is 0.758. The summed E-state index contributed by atoms with van der Waals surface area (Å²) < 4.78 is 1.87. The molecule has 3 aromatic heterocycles. The van der Waals surface area contributed by atoms with Crippen molar-refractivity contribution in [3.8, 4) is 11.3 Å². The number of aromatic nitrogens is 3. The van der Waals surface area contributed by atoms with Gasteiger partial charge in [-0.05, 0) is 49.9 Å². The first-order valence-electron chi connectivity index (χ1n) is 6.98. The molecule has 0 spiro atoms. The zero-order valence-electron chi connectivity index (χ0n) is 12.0. The fraction of sp³-hybridized carbons (Fsp3) is 0.333. The summed E-state index contributed by atoms with van der Waals surface area (Å²) in [4.78, 5) is 4.40. The van der Waals surface area contributed by atoms with Crippen LogP contribution in [-0.2, 0) is 5.54 Å². The van der Waals surface area contributed by atoms with E-state index in [1.807, 2.05) is 35.1 Å². The molecule has 3 aromatic rings. The average Bonchev–Trinajstić information content (AvgIpc) is 3.12. The molecule has 0 aliphatic rings. The van der Waals surface area contributed by atoms with Crippen LogP contribution in [0.4, 0.5) is 0 Å². The Morgan fingerprint density at radius 2 is 2.19 bits per heavy atom. The van der Waals surface area contributed by atoms with Gasteiger partial charge < -0.3 is 11.5 Å². The van der Waals surface area contributed by atoms with E-state index in [0.717, 1.165) is 35.4 Å². The molecule has 1 unspecified atom stereocenters. The van der Waals surface area contributed by atoms with E-state index in [9.17, 15) is 0 Å². The van der Waals surface area contributed by atoms with Crippen molar-refractivity contribution in [1.82, 2.24) is 14.6 Å². The van der Waals surface area contributed by atoms with Crippen LogP contribution in [0, 0.1) is 0 Å². The molecule has 0 aromatic carbocycles. The van der Waals surface area contributed by atoms with Gasteiger partial charge in [0.15, 0.2) is 5.65 Å². The average molecular weight is 301 g/mol. The van der Waals surface area contributed by atoms with Gasteiger partial charge in [0.1, 0.15) is 0 Å². The molecule has 0 fully saturated rings. The molecule has 21 heavy (non-hydrogen) atoms. The van der Waals surface area contributed by atoms with Gasteiger partial charge in [0.05, 0.1) is 23.1 Å². The van der Waals surface area contributed by atoms with E-state index < -0.39 is 5.54 Å². The summed E-state index contributed by atoms with van der Waals surface area (Å²) in [7, 11) is 0. The van der Waals surface area contributed by atoms with E-state index in [2.05, 4.69) is 16.4 Å². The normalized spacial score (nSPS) is 14.4. The monoisotopic (exact) mass is 301 g/mol. The molecule has 0 saturated heterocycles. The second-order valence-electron chi connectivity index (χ2n) is 5.45. The summed E-state index contributed by atoms with van der Waals surface area (Å²) in [6.45, 7) is 2.64. The van der Waals surface area contributed by atoms with Crippen molar-refractivity contribution in [3.63, 3.8) is 0 Å². The molecule has 3 heterocycles. The van der Waals surface area contributed by atoms with Crippen molar-refractivity contribution in [1.29, 1.82) is 0 Å². The maximum absolute atomic E-state index is 6.40. The second-order valence-corrected chi connectivity index (χ2v) is 6.23. The number of thiophene rings is 1. The van der Waals surface area contributed by atoms with Gasteiger partial charge in [0, 0.05) is 10.9 Å². The van der Waals surface area contributed by atoms with Crippen LogP contribution >= 0.6 is 11.3 Å². The van der Waals surface area contributed by atoms with Crippen molar-refractivity contribution < 1.29 is 0 Å². The molecule has 6 heteroatoms. The lowest BCUT2D eigenvalue weighted by atomic mass is 9.93. The van der Waals surface area contributed by atoms with E-state index >= 15 is 0 Å². The minimum absolute atomic E-state index is 0.482. The molecule has 0 aliphatic heterocycles. The summed E-state index contributed by atoms with van der Waals surface area (Å²) in [6, 6.07) is 5.99. The third kappa shape index (κ3) is 2.70. The highest BCUT2D eigenvalue weighted by Gasteiger charge is 2.23. The summed E-state index contributed by atoms with van der Waals surface area (Å²) in [6.07, 6.45) is 3.54. The highest BCUT2D eigenvalue weighted by atomic mass is 32.1. The maximum Gasteiger partial charge on any atom is 0.154 e. The first-order chi connectivity index (χ1) is 10.1. The molecule has 0 bridgehead atoms. The number of hydrogen-bond acceptors (Lipinski definition) is 5. The highest BCUT2D eigenvalue weighted by molar-refractivity contribution is 7.08. The minimum Gasteiger partial charge on any atom is -0.330 e. The predicted molar refractivity (Wildman–Crippen MR) is 86.1 cm³/mol. The van der Waals surface area contributed by atoms with Crippen molar-refractivity contribution in [3.05, 3.63) is 40.8 Å². The second kappa shape index (κ2) is 5.55. The van der Waals surface area contributed by atoms with E-state index in [-0.39, 0.29) is 0 Å². The SMILES string of the molecule is CC(N)(CCCN)c1ccc2ncc(-c3ccsc3)n2n1. The first kappa shape index (κ1) is 14.2. The summed E-state index contributed by atoms with van der Waals surface area (Å²) >= 11 is 1.66. The lowest BCUT2D eigenvalue weighted by Crippen LogP contribution is -2.35. The molecule has 110 valence electrons. The number of rotatable bonds is 5. The highest BCUT2D eigenvalue weighted by Crippen LogP contribution is 2.25. The molecule has 0 saturated carbocycles. The van der Waals surface area contributed by atoms with Crippen LogP contribution in [-0.4, -0.2) is 21.1 Å². The van der Waals surface area contributed by atoms with E-state index in [4.69, 9.17) is 16.6 Å². The van der Waals surface area contributed by atoms with Crippen LogP contribution in [0.2, 0.25) is 0 Å². The Hall–Kier alpha value is -1.76. The molecule has 0 amide bonds. The standard InChI is InChI=1S/C15H19N5S/c1-15(17,6-2-7-16)13-3-4-14-18-9-12(20(14)19-13)11-5-8-21-10-11/h3-5,8-10H,2,6-7,16-17H2,1H3. The fourth-order valence-corrected chi connectivity index (χ4v) is 3.03. The van der Waals surface area contributed by atoms with Crippen LogP contribution in [0.15, 0.2) is 35.2 Å². The van der Waals surface area contributed by atoms with Crippen molar-refractivity contribution in [2.45, 2.75) is 25.3 Å². The topological polar surface area (TPSA) is 82.2 Å². The third-order valence-corrected chi connectivity index (χ3v) is 4.35. The van der Waals surface area contributed by atoms with Gasteiger partial charge in [-0.2, -0.15) is 16.4 Å². The third-order valence-electron chi connectivity index (χ3n) is 3.66. The van der Waals surface area contributed by atoms with Crippen molar-refractivity contribution in [2.24, 2.45) is 11.5 Å². The molecule has 4 N–H and O–H groups in total. The fourth-order valence-electron chi connectivity index (χ4n) is 2.38. The van der Waals surface area contributed by atoms with E-state index in [0.29, 0.717) is 6.54 Å². The van der Waals surface area contributed by atoms with Crippen LogP contribution in [0.1, 0.15) is 25.5 Å². The summed E-state index contributed by atoms with van der Waals surface area (Å²) in [5, 5.41) is 8.85. The van der Waals surface area contributed by atoms with Crippen LogP contribution in [0.5, 0.6) is 0 Å². The maximum atomic E-state index is 6.40. The van der Waals surface area contributed by atoms with Crippen LogP contribution in [0.3, 0.4) is 0 Å². The van der Waals surface area contributed by atoms with Gasteiger partial charge in [-0.25, -0.2) is 9.50 Å². The molecule has 0 aliphatic carbocycles. The Morgan fingerprint density at radius 1 is 1.33 bits per heavy atom. The number of hydrogen-bond donors (Lipinski definition) is 2. The Balaban J connectivity index is 2.05. The lowest BCUT2D eigenvalue weighted by molar-refractivity contribution is 0.421. The Labute approximate surface area is 127 Å². The summed E-state index contributed by atoms with van der Waals surface area (Å²) in [5.74, 6) is 0. The lowest BCUT2D eigenvalue weighted by Gasteiger charge is -2.23. The number of fused-ring (bicyclic) bond motifs is 1. The molecule has 1 atom stereocenters. The Morgan fingerprint density at radius 3 is 2.90 bits per heavy atom. The number of nitrogens with two attached hydrogens (primary N) is 2. The Bertz CT molecular complexity index is 730. The van der Waals surface area contributed by atoms with Crippen LogP contribution in [0.25, 0.3) is 16.9 Å². The largest absolute Gasteiger partial charge is 0.330 e. The van der Waals surface area contributed by atoms with E-state index in [1.165, 1.54) is 0 Å². The number of imidazole rings is 1. The molecular weight excluding hydrogens is 282 g/mol. The van der Waals surface area contributed by atoms with Crippen LogP contribution < -0.4 is 11.5 Å². The molecule has 5 nitrogen and oxygen atoms in total. The van der Waals surface area contributed by atoms with Crippen molar-refractivity contribution in [2.75, 3.05) is 6.54 Å². The van der Waals surface area contributed by atoms with E-state index in [1.54, 1.807) is 11.3 Å². The van der Waals surface area contributed by atoms with Gasteiger partial charge in [-0.1, -0.05) is 0 Å². The van der Waals surface area contributed by atoms with Gasteiger partial charge in [-0.15, -0.1) is 0 Å². The molecular formula is C15H19N5S. The van der Waals surface area contributed by atoms with Gasteiger partial charge in [0.2, 0.25) is 0 Å². The zero-order chi connectivity index (χ0) is 14.9. The molecule has 3 rings (SSSR count). The summed E-state index contributed by atoms with van der Waals surface area (Å²) in [5.41, 5.74) is 15.3. The Kier molecular flexibility index (Phi) is 3.75. The number of nitrogens with zero attached hydrogens (tertiary/aromatic N) is 3. The zero-order valence-corrected chi connectivity index (χ0v) is 12.8. The van der Waals surface area contributed by atoms with Gasteiger partial charge in [0.25, 0.3) is 0 Å². The first-order valence-corrected chi connectivity index (χ1v) is 7.93. The van der Waals surface area contributed by atoms with Gasteiger partial charge >= 0.3 is 0 Å². The predicted octanol–water partition coefficient (Wildman–Crippen LogP) is 2.37. The molecule has 0 radical (unpaired) electrons. The van der Waals surface area contributed by atoms with Gasteiger partial charge in [-0.3, -0.25) is 0 Å².